The summed E-state index contributed by atoms with van der Waals surface area (Å²) in [5, 5.41) is 23.4. The molecule has 2 heterocycles. The average molecular weight is 464 g/mol. The molecule has 11 heteroatoms. The van der Waals surface area contributed by atoms with E-state index in [1.165, 1.54) is 11.3 Å². The third kappa shape index (κ3) is 4.73. The predicted octanol–water partition coefficient (Wildman–Crippen LogP) is 4.82. The number of carboxylic acids is 1. The number of thiazole rings is 1. The van der Waals surface area contributed by atoms with Crippen LogP contribution < -0.4 is 5.32 Å². The summed E-state index contributed by atoms with van der Waals surface area (Å²) in [6.07, 6.45) is -0.479. The van der Waals surface area contributed by atoms with E-state index in [1.54, 1.807) is 24.4 Å². The van der Waals surface area contributed by atoms with E-state index in [4.69, 9.17) is 5.11 Å². The van der Waals surface area contributed by atoms with Gasteiger partial charge in [0.2, 0.25) is 5.95 Å². The van der Waals surface area contributed by atoms with Crippen molar-refractivity contribution in [3.8, 4) is 10.4 Å². The highest BCUT2D eigenvalue weighted by Gasteiger charge is 2.39. The van der Waals surface area contributed by atoms with E-state index in [1.807, 2.05) is 6.07 Å². The van der Waals surface area contributed by atoms with Crippen LogP contribution in [0.3, 0.4) is 0 Å². The topological polar surface area (TPSA) is 108 Å². The number of halogens is 3. The van der Waals surface area contributed by atoms with E-state index < -0.39 is 29.4 Å². The van der Waals surface area contributed by atoms with Gasteiger partial charge in [-0.25, -0.2) is 15.0 Å². The summed E-state index contributed by atoms with van der Waals surface area (Å²) in [4.78, 5) is 23.6. The molecule has 0 bridgehead atoms. The Labute approximate surface area is 185 Å². The Morgan fingerprint density at radius 1 is 1.19 bits per heavy atom. The van der Waals surface area contributed by atoms with Crippen LogP contribution >= 0.6 is 11.3 Å². The number of anilines is 2. The van der Waals surface area contributed by atoms with Gasteiger partial charge in [0.1, 0.15) is 16.3 Å². The number of carbonyl (C=O) groups is 1. The monoisotopic (exact) mass is 464 g/mol. The Morgan fingerprint density at radius 2 is 1.94 bits per heavy atom. The number of hydrogen-bond acceptors (Lipinski definition) is 7. The van der Waals surface area contributed by atoms with E-state index in [-0.39, 0.29) is 5.95 Å². The first kappa shape index (κ1) is 22.2. The Morgan fingerprint density at radius 3 is 2.62 bits per heavy atom. The minimum Gasteiger partial charge on any atom is -0.481 e. The van der Waals surface area contributed by atoms with Crippen molar-refractivity contribution in [2.45, 2.75) is 37.5 Å². The first-order valence-corrected chi connectivity index (χ1v) is 10.6. The number of hydrogen-bond donors (Lipinski definition) is 3. The lowest BCUT2D eigenvalue weighted by Crippen LogP contribution is -2.33. The zero-order valence-corrected chi connectivity index (χ0v) is 17.5. The molecular formula is C21H19F3N4O3S. The highest BCUT2D eigenvalue weighted by Crippen LogP contribution is 2.42. The molecule has 0 saturated heterocycles. The van der Waals surface area contributed by atoms with Crippen LogP contribution in [0.2, 0.25) is 0 Å². The Balaban J connectivity index is 1.51. The SMILES string of the molecule is O=C(O)C1CCC(O)(c2ncc(-c3cccc(Nc4nccc(C(F)(F)F)n4)c3)s2)CC1. The summed E-state index contributed by atoms with van der Waals surface area (Å²) in [6.45, 7) is 0. The van der Waals surface area contributed by atoms with E-state index in [9.17, 15) is 23.1 Å². The summed E-state index contributed by atoms with van der Waals surface area (Å²) in [7, 11) is 0. The molecule has 2 aromatic heterocycles. The van der Waals surface area contributed by atoms with Crippen molar-refractivity contribution in [3.05, 3.63) is 53.4 Å². The normalized spacial score (nSPS) is 21.3. The molecule has 168 valence electrons. The van der Waals surface area contributed by atoms with Crippen molar-refractivity contribution >= 4 is 28.9 Å². The van der Waals surface area contributed by atoms with Crippen LogP contribution in [0.4, 0.5) is 24.8 Å². The van der Waals surface area contributed by atoms with Crippen LogP contribution in [0, 0.1) is 5.92 Å². The fraction of sp³-hybridized carbons (Fsp3) is 0.333. The molecule has 0 spiro atoms. The van der Waals surface area contributed by atoms with Crippen LogP contribution in [0.15, 0.2) is 42.7 Å². The van der Waals surface area contributed by atoms with Gasteiger partial charge in [-0.15, -0.1) is 11.3 Å². The smallest absolute Gasteiger partial charge is 0.433 e. The minimum atomic E-state index is -4.57. The number of aromatic nitrogens is 3. The lowest BCUT2D eigenvalue weighted by Gasteiger charge is -2.32. The largest absolute Gasteiger partial charge is 0.481 e. The molecule has 32 heavy (non-hydrogen) atoms. The van der Waals surface area contributed by atoms with Gasteiger partial charge in [0.15, 0.2) is 0 Å². The summed E-state index contributed by atoms with van der Waals surface area (Å²) in [6, 6.07) is 7.76. The van der Waals surface area contributed by atoms with Gasteiger partial charge in [-0.2, -0.15) is 13.2 Å². The standard InChI is InChI=1S/C21H19F3N4O3S/c22-21(23,24)16-6-9-25-19(28-16)27-14-3-1-2-13(10-14)15-11-26-18(32-15)20(31)7-4-12(5-8-20)17(29)30/h1-3,6,9-12,31H,4-5,7-8H2,(H,29,30)(H,25,27,28). The van der Waals surface area contributed by atoms with E-state index >= 15 is 0 Å². The quantitative estimate of drug-likeness (QED) is 0.497. The predicted molar refractivity (Wildman–Crippen MR) is 111 cm³/mol. The van der Waals surface area contributed by atoms with E-state index in [0.717, 1.165) is 22.7 Å². The molecule has 3 N–H and O–H groups in total. The molecule has 1 aliphatic rings. The number of aliphatic hydroxyl groups is 1. The number of rotatable bonds is 5. The fourth-order valence-electron chi connectivity index (χ4n) is 3.64. The average Bonchev–Trinajstić information content (AvgIpc) is 3.25. The highest BCUT2D eigenvalue weighted by molar-refractivity contribution is 7.15. The molecule has 0 atom stereocenters. The molecule has 0 radical (unpaired) electrons. The first-order valence-electron chi connectivity index (χ1n) is 9.83. The summed E-state index contributed by atoms with van der Waals surface area (Å²) in [5.74, 6) is -1.47. The third-order valence-electron chi connectivity index (χ3n) is 5.42. The molecular weight excluding hydrogens is 445 g/mol. The van der Waals surface area contributed by atoms with Crippen LogP contribution in [0.5, 0.6) is 0 Å². The highest BCUT2D eigenvalue weighted by atomic mass is 32.1. The zero-order chi connectivity index (χ0) is 22.9. The molecule has 1 fully saturated rings. The maximum Gasteiger partial charge on any atom is 0.433 e. The lowest BCUT2D eigenvalue weighted by molar-refractivity contribution is -0.145. The first-order chi connectivity index (χ1) is 15.1. The second-order valence-electron chi connectivity index (χ2n) is 7.64. The summed E-state index contributed by atoms with van der Waals surface area (Å²) < 4.78 is 38.6. The molecule has 0 aliphatic heterocycles. The third-order valence-corrected chi connectivity index (χ3v) is 6.65. The van der Waals surface area contributed by atoms with Crippen LogP contribution in [-0.2, 0) is 16.6 Å². The molecule has 0 unspecified atom stereocenters. The van der Waals surface area contributed by atoms with Gasteiger partial charge in [-0.1, -0.05) is 12.1 Å². The molecule has 7 nitrogen and oxygen atoms in total. The molecule has 1 aromatic carbocycles. The second kappa shape index (κ2) is 8.47. The van der Waals surface area contributed by atoms with Gasteiger partial charge in [0.25, 0.3) is 0 Å². The van der Waals surface area contributed by atoms with Gasteiger partial charge in [0, 0.05) is 18.1 Å². The number of nitrogens with zero attached hydrogens (tertiary/aromatic N) is 3. The fourth-order valence-corrected chi connectivity index (χ4v) is 4.69. The number of nitrogens with one attached hydrogen (secondary N) is 1. The van der Waals surface area contributed by atoms with Crippen molar-refractivity contribution < 1.29 is 28.2 Å². The molecule has 1 aliphatic carbocycles. The van der Waals surface area contributed by atoms with Crippen molar-refractivity contribution in [3.63, 3.8) is 0 Å². The van der Waals surface area contributed by atoms with Crippen LogP contribution in [0.25, 0.3) is 10.4 Å². The van der Waals surface area contributed by atoms with E-state index in [0.29, 0.717) is 36.4 Å². The van der Waals surface area contributed by atoms with Crippen molar-refractivity contribution in [1.82, 2.24) is 15.0 Å². The van der Waals surface area contributed by atoms with Gasteiger partial charge in [-0.05, 0) is 49.4 Å². The summed E-state index contributed by atoms with van der Waals surface area (Å²) >= 11 is 1.31. The van der Waals surface area contributed by atoms with Crippen molar-refractivity contribution in [2.24, 2.45) is 5.92 Å². The number of alkyl halides is 3. The van der Waals surface area contributed by atoms with Gasteiger partial charge < -0.3 is 15.5 Å². The van der Waals surface area contributed by atoms with Crippen molar-refractivity contribution in [2.75, 3.05) is 5.32 Å². The Kier molecular flexibility index (Phi) is 5.87. The number of benzene rings is 1. The molecule has 4 rings (SSSR count). The van der Waals surface area contributed by atoms with Gasteiger partial charge >= 0.3 is 12.1 Å². The molecule has 0 amide bonds. The Bertz CT molecular complexity index is 1130. The lowest BCUT2D eigenvalue weighted by atomic mass is 9.79. The molecule has 3 aromatic rings. The van der Waals surface area contributed by atoms with Crippen molar-refractivity contribution in [1.29, 1.82) is 0 Å². The minimum absolute atomic E-state index is 0.175. The van der Waals surface area contributed by atoms with Gasteiger partial charge in [-0.3, -0.25) is 4.79 Å². The summed E-state index contributed by atoms with van der Waals surface area (Å²) in [5.41, 5.74) is -0.938. The van der Waals surface area contributed by atoms with Crippen LogP contribution in [-0.4, -0.2) is 31.1 Å². The Hall–Kier alpha value is -3.05. The maximum atomic E-state index is 12.9. The van der Waals surface area contributed by atoms with Crippen LogP contribution in [0.1, 0.15) is 36.4 Å². The molecule has 1 saturated carbocycles. The van der Waals surface area contributed by atoms with Gasteiger partial charge in [0.05, 0.1) is 10.8 Å². The van der Waals surface area contributed by atoms with E-state index in [2.05, 4.69) is 20.3 Å². The number of carboxylic acid groups (broad SMARTS) is 1. The zero-order valence-electron chi connectivity index (χ0n) is 16.6. The number of aliphatic carboxylic acids is 1. The maximum absolute atomic E-state index is 12.9. The second-order valence-corrected chi connectivity index (χ2v) is 8.67.